The minimum atomic E-state index is 0.132. The predicted octanol–water partition coefficient (Wildman–Crippen LogP) is 2.60. The van der Waals surface area contributed by atoms with Crippen LogP contribution in [0.25, 0.3) is 0 Å². The van der Waals surface area contributed by atoms with Gasteiger partial charge in [0, 0.05) is 25.1 Å². The molecule has 5 rings (SSSR count). The third kappa shape index (κ3) is 3.23. The first-order chi connectivity index (χ1) is 12.7. The van der Waals surface area contributed by atoms with Gasteiger partial charge in [-0.3, -0.25) is 9.69 Å². The van der Waals surface area contributed by atoms with Gasteiger partial charge in [-0.2, -0.15) is 0 Å². The number of piperidine rings is 3. The van der Waals surface area contributed by atoms with Crippen LogP contribution in [0.15, 0.2) is 24.3 Å². The lowest BCUT2D eigenvalue weighted by Gasteiger charge is -2.51. The van der Waals surface area contributed by atoms with E-state index in [0.29, 0.717) is 30.4 Å². The van der Waals surface area contributed by atoms with Crippen LogP contribution >= 0.6 is 0 Å². The van der Waals surface area contributed by atoms with Gasteiger partial charge >= 0.3 is 0 Å². The zero-order valence-corrected chi connectivity index (χ0v) is 15.6. The number of ether oxygens (including phenoxy) is 1. The Morgan fingerprint density at radius 1 is 1.27 bits per heavy atom. The minimum Gasteiger partial charge on any atom is -0.508 e. The highest BCUT2D eigenvalue weighted by atomic mass is 16.5. The number of hydrogen-bond donors (Lipinski definition) is 1. The number of aromatic hydroxyl groups is 1. The van der Waals surface area contributed by atoms with E-state index in [1.165, 1.54) is 12.8 Å². The summed E-state index contributed by atoms with van der Waals surface area (Å²) in [6.45, 7) is 6.00. The van der Waals surface area contributed by atoms with E-state index < -0.39 is 0 Å². The number of benzene rings is 1. The molecule has 142 valence electrons. The topological polar surface area (TPSA) is 53.0 Å². The zero-order valence-electron chi connectivity index (χ0n) is 15.6. The lowest BCUT2D eigenvalue weighted by atomic mass is 9.75. The fraction of sp³-hybridized carbons (Fsp3) is 0.667. The maximum atomic E-state index is 12.9. The quantitative estimate of drug-likeness (QED) is 0.794. The first kappa shape index (κ1) is 17.8. The summed E-state index contributed by atoms with van der Waals surface area (Å²) in [5.74, 6) is 1.32. The highest BCUT2D eigenvalue weighted by molar-refractivity contribution is 5.78. The summed E-state index contributed by atoms with van der Waals surface area (Å²) in [6.07, 6.45) is 4.46. The minimum absolute atomic E-state index is 0.132. The van der Waals surface area contributed by atoms with Gasteiger partial charge in [-0.05, 0) is 56.0 Å². The lowest BCUT2D eigenvalue weighted by molar-refractivity contribution is -0.140. The standard InChI is InChI=1S/C21H30N2O3/c1-2-3-11-26-14-19(25)23-13-18(16-5-4-6-17(24)12-16)21-20(23)15-7-9-22(21)10-8-15/h4-6,12,15,18,20-21,24H,2-3,7-11,13-14H2,1H3/t18-,20+,21+/m0/s1. The van der Waals surface area contributed by atoms with E-state index in [0.717, 1.165) is 38.0 Å². The Hall–Kier alpha value is -1.59. The monoisotopic (exact) mass is 358 g/mol. The molecule has 0 aliphatic carbocycles. The molecule has 5 heteroatoms. The van der Waals surface area contributed by atoms with E-state index in [9.17, 15) is 9.90 Å². The van der Waals surface area contributed by atoms with Gasteiger partial charge in [0.1, 0.15) is 12.4 Å². The first-order valence-electron chi connectivity index (χ1n) is 10.1. The van der Waals surface area contributed by atoms with Gasteiger partial charge in [-0.15, -0.1) is 0 Å². The Morgan fingerprint density at radius 3 is 2.81 bits per heavy atom. The molecule has 4 aliphatic rings. The molecule has 4 fully saturated rings. The van der Waals surface area contributed by atoms with Crippen LogP contribution in [0.1, 0.15) is 44.1 Å². The number of nitrogens with zero attached hydrogens (tertiary/aromatic N) is 2. The third-order valence-corrected chi connectivity index (χ3v) is 6.48. The molecule has 0 saturated carbocycles. The molecule has 0 aromatic heterocycles. The largest absolute Gasteiger partial charge is 0.508 e. The van der Waals surface area contributed by atoms with Crippen LogP contribution in [0.4, 0.5) is 0 Å². The van der Waals surface area contributed by atoms with Crippen molar-refractivity contribution in [3.05, 3.63) is 29.8 Å². The maximum Gasteiger partial charge on any atom is 0.248 e. The average molecular weight is 358 g/mol. The number of carbonyl (C=O) groups is 1. The van der Waals surface area contributed by atoms with Crippen LogP contribution in [0.3, 0.4) is 0 Å². The number of fused-ring (bicyclic) bond motifs is 2. The highest BCUT2D eigenvalue weighted by Crippen LogP contribution is 2.46. The zero-order chi connectivity index (χ0) is 18.1. The summed E-state index contributed by atoms with van der Waals surface area (Å²) < 4.78 is 5.62. The highest BCUT2D eigenvalue weighted by Gasteiger charge is 2.54. The summed E-state index contributed by atoms with van der Waals surface area (Å²) in [5.41, 5.74) is 1.15. The van der Waals surface area contributed by atoms with E-state index in [-0.39, 0.29) is 18.4 Å². The van der Waals surface area contributed by atoms with Gasteiger partial charge in [0.2, 0.25) is 5.91 Å². The number of phenolic OH excluding ortho intramolecular Hbond substituents is 1. The van der Waals surface area contributed by atoms with Gasteiger partial charge in [-0.25, -0.2) is 0 Å². The Kier molecular flexibility index (Phi) is 5.18. The molecule has 1 aromatic carbocycles. The molecular weight excluding hydrogens is 328 g/mol. The number of hydrogen-bond acceptors (Lipinski definition) is 4. The molecule has 3 atom stereocenters. The number of carbonyl (C=O) groups excluding carboxylic acids is 1. The van der Waals surface area contributed by atoms with Gasteiger partial charge in [-0.1, -0.05) is 25.5 Å². The number of unbranched alkanes of at least 4 members (excludes halogenated alkanes) is 1. The van der Waals surface area contributed by atoms with Gasteiger partial charge in [0.15, 0.2) is 0 Å². The molecule has 2 bridgehead atoms. The van der Waals surface area contributed by atoms with Gasteiger partial charge < -0.3 is 14.7 Å². The van der Waals surface area contributed by atoms with Crippen molar-refractivity contribution in [3.63, 3.8) is 0 Å². The van der Waals surface area contributed by atoms with Crippen molar-refractivity contribution in [1.82, 2.24) is 9.80 Å². The van der Waals surface area contributed by atoms with Crippen LogP contribution in [-0.4, -0.2) is 65.7 Å². The SMILES string of the molecule is CCCCOCC(=O)N1C[C@@H](c2cccc(O)c2)[C@@H]2[C@H]1C1CCN2CC1. The summed E-state index contributed by atoms with van der Waals surface area (Å²) in [4.78, 5) is 17.6. The van der Waals surface area contributed by atoms with E-state index in [2.05, 4.69) is 22.8 Å². The molecule has 0 spiro atoms. The van der Waals surface area contributed by atoms with Crippen molar-refractivity contribution in [1.29, 1.82) is 0 Å². The second kappa shape index (κ2) is 7.57. The molecule has 0 radical (unpaired) electrons. The number of rotatable bonds is 6. The van der Waals surface area contributed by atoms with Crippen molar-refractivity contribution >= 4 is 5.91 Å². The van der Waals surface area contributed by atoms with E-state index in [4.69, 9.17) is 4.74 Å². The van der Waals surface area contributed by atoms with E-state index in [1.807, 2.05) is 12.1 Å². The Morgan fingerprint density at radius 2 is 2.08 bits per heavy atom. The summed E-state index contributed by atoms with van der Waals surface area (Å²) in [6, 6.07) is 8.27. The normalized spacial score (nSPS) is 32.7. The summed E-state index contributed by atoms with van der Waals surface area (Å²) >= 11 is 0. The molecule has 26 heavy (non-hydrogen) atoms. The molecule has 1 amide bonds. The fourth-order valence-electron chi connectivity index (χ4n) is 5.24. The molecular formula is C21H30N2O3. The van der Waals surface area contributed by atoms with Gasteiger partial charge in [0.05, 0.1) is 6.04 Å². The third-order valence-electron chi connectivity index (χ3n) is 6.48. The molecule has 1 N–H and O–H groups in total. The second-order valence-corrected chi connectivity index (χ2v) is 8.01. The van der Waals surface area contributed by atoms with Crippen molar-refractivity contribution in [2.75, 3.05) is 32.8 Å². The molecule has 4 heterocycles. The van der Waals surface area contributed by atoms with Crippen molar-refractivity contribution in [2.45, 2.75) is 50.6 Å². The van der Waals surface area contributed by atoms with Crippen molar-refractivity contribution in [3.8, 4) is 5.75 Å². The second-order valence-electron chi connectivity index (χ2n) is 8.01. The smallest absolute Gasteiger partial charge is 0.248 e. The van der Waals surface area contributed by atoms with E-state index >= 15 is 0 Å². The van der Waals surface area contributed by atoms with Crippen molar-refractivity contribution < 1.29 is 14.6 Å². The first-order valence-corrected chi connectivity index (χ1v) is 10.1. The van der Waals surface area contributed by atoms with Crippen LogP contribution in [0.2, 0.25) is 0 Å². The number of phenols is 1. The molecule has 1 aromatic rings. The Labute approximate surface area is 155 Å². The fourth-order valence-corrected chi connectivity index (χ4v) is 5.24. The average Bonchev–Trinajstić information content (AvgIpc) is 3.09. The van der Waals surface area contributed by atoms with Crippen LogP contribution in [-0.2, 0) is 9.53 Å². The van der Waals surface area contributed by atoms with E-state index in [1.54, 1.807) is 6.07 Å². The molecule has 4 aliphatic heterocycles. The van der Waals surface area contributed by atoms with Crippen LogP contribution in [0.5, 0.6) is 5.75 Å². The maximum absolute atomic E-state index is 12.9. The van der Waals surface area contributed by atoms with Crippen LogP contribution in [0, 0.1) is 5.92 Å². The molecule has 5 nitrogen and oxygen atoms in total. The van der Waals surface area contributed by atoms with Crippen LogP contribution < -0.4 is 0 Å². The Bertz CT molecular complexity index is 642. The predicted molar refractivity (Wildman–Crippen MR) is 100 cm³/mol. The molecule has 0 unspecified atom stereocenters. The number of likely N-dealkylation sites (tertiary alicyclic amines) is 1. The van der Waals surface area contributed by atoms with Crippen molar-refractivity contribution in [2.24, 2.45) is 5.92 Å². The lowest BCUT2D eigenvalue weighted by Crippen LogP contribution is -2.61. The molecule has 4 saturated heterocycles. The number of amides is 1. The van der Waals surface area contributed by atoms with Gasteiger partial charge in [0.25, 0.3) is 0 Å². The summed E-state index contributed by atoms with van der Waals surface area (Å²) in [7, 11) is 0. The summed E-state index contributed by atoms with van der Waals surface area (Å²) in [5, 5.41) is 9.93. The Balaban J connectivity index is 1.55.